The molecule has 0 aliphatic rings. The molecule has 7 heteroatoms. The highest BCUT2D eigenvalue weighted by molar-refractivity contribution is 5.81. The summed E-state index contributed by atoms with van der Waals surface area (Å²) in [4.78, 5) is 31.8. The first-order valence-corrected chi connectivity index (χ1v) is 4.77. The number of nitrogens with two attached hydrogens (primary N) is 2. The van der Waals surface area contributed by atoms with E-state index in [-0.39, 0.29) is 31.5 Å². The van der Waals surface area contributed by atoms with Crippen LogP contribution in [0.1, 0.15) is 25.7 Å². The topological polar surface area (TPSA) is 144 Å². The smallest absolute Gasteiger partial charge is 0.304 e. The molecule has 0 saturated heterocycles. The first-order chi connectivity index (χ1) is 7.31. The maximum Gasteiger partial charge on any atom is 0.304 e. The van der Waals surface area contributed by atoms with E-state index < -0.39 is 24.0 Å². The van der Waals surface area contributed by atoms with Crippen LogP contribution in [0.3, 0.4) is 0 Å². The van der Waals surface area contributed by atoms with Gasteiger partial charge in [0, 0.05) is 24.9 Å². The van der Waals surface area contributed by atoms with Gasteiger partial charge in [0.25, 0.3) is 0 Å². The van der Waals surface area contributed by atoms with Crippen molar-refractivity contribution in [2.45, 2.75) is 37.8 Å². The summed E-state index contributed by atoms with van der Waals surface area (Å²) in [6, 6.07) is -1.50. The van der Waals surface area contributed by atoms with Gasteiger partial charge >= 0.3 is 11.9 Å². The molecule has 92 valence electrons. The summed E-state index contributed by atoms with van der Waals surface area (Å²) in [5.74, 6) is -2.47. The fourth-order valence-electron chi connectivity index (χ4n) is 1.26. The highest BCUT2D eigenvalue weighted by Crippen LogP contribution is 2.03. The number of carboxylic acid groups (broad SMARTS) is 2. The van der Waals surface area contributed by atoms with Crippen molar-refractivity contribution in [1.82, 2.24) is 0 Å². The Hall–Kier alpha value is -1.47. The lowest BCUT2D eigenvalue weighted by molar-refractivity contribution is -0.138. The Morgan fingerprint density at radius 3 is 1.38 bits per heavy atom. The van der Waals surface area contributed by atoms with Crippen LogP contribution in [0, 0.1) is 0 Å². The van der Waals surface area contributed by atoms with Gasteiger partial charge in [-0.2, -0.15) is 0 Å². The van der Waals surface area contributed by atoms with Gasteiger partial charge in [0.15, 0.2) is 0 Å². The zero-order valence-electron chi connectivity index (χ0n) is 8.76. The highest BCUT2D eigenvalue weighted by Gasteiger charge is 2.17. The van der Waals surface area contributed by atoms with E-state index in [2.05, 4.69) is 0 Å². The molecule has 0 bridgehead atoms. The van der Waals surface area contributed by atoms with Crippen LogP contribution in [0.15, 0.2) is 0 Å². The number of carbonyl (C=O) groups is 3. The van der Waals surface area contributed by atoms with E-state index in [4.69, 9.17) is 21.7 Å². The minimum absolute atomic E-state index is 0.0976. The van der Waals surface area contributed by atoms with Crippen LogP contribution in [0.4, 0.5) is 0 Å². The van der Waals surface area contributed by atoms with Crippen molar-refractivity contribution in [2.75, 3.05) is 0 Å². The third kappa shape index (κ3) is 7.89. The Morgan fingerprint density at radius 2 is 1.12 bits per heavy atom. The van der Waals surface area contributed by atoms with Gasteiger partial charge in [-0.05, 0) is 0 Å². The van der Waals surface area contributed by atoms with Gasteiger partial charge in [-0.15, -0.1) is 0 Å². The molecule has 0 heterocycles. The zero-order valence-corrected chi connectivity index (χ0v) is 8.76. The normalized spacial score (nSPS) is 14.1. The van der Waals surface area contributed by atoms with E-state index in [1.807, 2.05) is 0 Å². The van der Waals surface area contributed by atoms with Crippen LogP contribution >= 0.6 is 0 Å². The summed E-state index contributed by atoms with van der Waals surface area (Å²) in [5, 5.41) is 16.8. The van der Waals surface area contributed by atoms with Crippen molar-refractivity contribution in [3.63, 3.8) is 0 Å². The Morgan fingerprint density at radius 1 is 0.812 bits per heavy atom. The Labute approximate surface area is 92.4 Å². The summed E-state index contributed by atoms with van der Waals surface area (Å²) in [6.45, 7) is 0. The number of aliphatic carboxylic acids is 2. The molecule has 2 unspecified atom stereocenters. The van der Waals surface area contributed by atoms with Crippen molar-refractivity contribution < 1.29 is 24.6 Å². The van der Waals surface area contributed by atoms with Crippen molar-refractivity contribution in [3.8, 4) is 0 Å². The molecule has 0 aromatic heterocycles. The average molecular weight is 232 g/mol. The molecule has 16 heavy (non-hydrogen) atoms. The second kappa shape index (κ2) is 6.91. The molecule has 0 rings (SSSR count). The van der Waals surface area contributed by atoms with Gasteiger partial charge < -0.3 is 21.7 Å². The van der Waals surface area contributed by atoms with Crippen LogP contribution in [-0.4, -0.2) is 40.0 Å². The van der Waals surface area contributed by atoms with E-state index in [1.165, 1.54) is 0 Å². The quantitative estimate of drug-likeness (QED) is 0.417. The van der Waals surface area contributed by atoms with Gasteiger partial charge in [-0.1, -0.05) is 0 Å². The van der Waals surface area contributed by atoms with Crippen LogP contribution in [0.25, 0.3) is 0 Å². The maximum absolute atomic E-state index is 11.3. The SMILES string of the molecule is NC(CC(=O)O)CC(=O)CC(N)CC(=O)O. The summed E-state index contributed by atoms with van der Waals surface area (Å²) in [6.07, 6.45) is -0.779. The minimum Gasteiger partial charge on any atom is -0.481 e. The fourth-order valence-corrected chi connectivity index (χ4v) is 1.26. The van der Waals surface area contributed by atoms with Crippen LogP contribution in [0.2, 0.25) is 0 Å². The van der Waals surface area contributed by atoms with Crippen molar-refractivity contribution in [1.29, 1.82) is 0 Å². The number of Topliss-reactive ketones (excluding diaryl/α,β-unsaturated/α-hetero) is 1. The largest absolute Gasteiger partial charge is 0.481 e. The molecule has 2 atom stereocenters. The molecule has 0 fully saturated rings. The fraction of sp³-hybridized carbons (Fsp3) is 0.667. The van der Waals surface area contributed by atoms with E-state index in [0.29, 0.717) is 0 Å². The molecule has 0 saturated carbocycles. The van der Waals surface area contributed by atoms with E-state index in [1.54, 1.807) is 0 Å². The zero-order chi connectivity index (χ0) is 12.7. The summed E-state index contributed by atoms with van der Waals surface area (Å²) in [7, 11) is 0. The maximum atomic E-state index is 11.3. The van der Waals surface area contributed by atoms with Gasteiger partial charge in [-0.25, -0.2) is 0 Å². The first kappa shape index (κ1) is 14.5. The lowest BCUT2D eigenvalue weighted by Crippen LogP contribution is -2.31. The molecule has 0 spiro atoms. The Bertz CT molecular complexity index is 253. The Balaban J connectivity index is 3.89. The molecular weight excluding hydrogens is 216 g/mol. The molecule has 0 aliphatic heterocycles. The van der Waals surface area contributed by atoms with E-state index >= 15 is 0 Å². The third-order valence-corrected chi connectivity index (χ3v) is 1.85. The lowest BCUT2D eigenvalue weighted by atomic mass is 10.0. The van der Waals surface area contributed by atoms with Crippen LogP contribution in [0.5, 0.6) is 0 Å². The number of ketones is 1. The summed E-state index contributed by atoms with van der Waals surface area (Å²) in [5.41, 5.74) is 10.8. The summed E-state index contributed by atoms with van der Waals surface area (Å²) >= 11 is 0. The number of carbonyl (C=O) groups excluding carboxylic acids is 1. The van der Waals surface area contributed by atoms with Crippen LogP contribution < -0.4 is 11.5 Å². The van der Waals surface area contributed by atoms with Gasteiger partial charge in [0.05, 0.1) is 12.8 Å². The van der Waals surface area contributed by atoms with Crippen molar-refractivity contribution in [2.24, 2.45) is 11.5 Å². The molecule has 0 aromatic carbocycles. The van der Waals surface area contributed by atoms with Crippen LogP contribution in [-0.2, 0) is 14.4 Å². The van der Waals surface area contributed by atoms with E-state index in [9.17, 15) is 14.4 Å². The first-order valence-electron chi connectivity index (χ1n) is 4.77. The molecule has 0 aromatic rings. The van der Waals surface area contributed by atoms with Gasteiger partial charge in [0.1, 0.15) is 5.78 Å². The standard InChI is InChI=1S/C9H16N2O5/c10-5(3-8(13)14)1-7(12)2-6(11)4-9(15)16/h5-6H,1-4,10-11H2,(H,13,14)(H,15,16). The minimum atomic E-state index is -1.07. The number of carboxylic acids is 2. The highest BCUT2D eigenvalue weighted by atomic mass is 16.4. The van der Waals surface area contributed by atoms with Crippen molar-refractivity contribution in [3.05, 3.63) is 0 Å². The van der Waals surface area contributed by atoms with Gasteiger partial charge in [0.2, 0.25) is 0 Å². The third-order valence-electron chi connectivity index (χ3n) is 1.85. The number of hydrogen-bond donors (Lipinski definition) is 4. The van der Waals surface area contributed by atoms with Gasteiger partial charge in [-0.3, -0.25) is 14.4 Å². The Kier molecular flexibility index (Phi) is 6.28. The molecular formula is C9H16N2O5. The average Bonchev–Trinajstić information content (AvgIpc) is 1.97. The molecule has 0 radical (unpaired) electrons. The van der Waals surface area contributed by atoms with Crippen molar-refractivity contribution >= 4 is 17.7 Å². The lowest BCUT2D eigenvalue weighted by Gasteiger charge is -2.10. The molecule has 6 N–H and O–H groups in total. The predicted molar refractivity (Wildman–Crippen MR) is 54.7 cm³/mol. The van der Waals surface area contributed by atoms with E-state index in [0.717, 1.165) is 0 Å². The second-order valence-electron chi connectivity index (χ2n) is 3.66. The summed E-state index contributed by atoms with van der Waals surface area (Å²) < 4.78 is 0. The predicted octanol–water partition coefficient (Wildman–Crippen LogP) is -1.06. The molecule has 7 nitrogen and oxygen atoms in total. The second-order valence-corrected chi connectivity index (χ2v) is 3.66. The number of rotatable bonds is 8. The molecule has 0 aliphatic carbocycles. The number of hydrogen-bond acceptors (Lipinski definition) is 5. The molecule has 0 amide bonds. The monoisotopic (exact) mass is 232 g/mol.